The normalized spacial score (nSPS) is 12.1. The molecular weight excluding hydrogens is 474 g/mol. The Kier molecular flexibility index (Phi) is 8.88. The highest BCUT2D eigenvalue weighted by Gasteiger charge is 2.32. The van der Waals surface area contributed by atoms with Crippen molar-refractivity contribution >= 4 is 27.5 Å². The second-order valence-corrected chi connectivity index (χ2v) is 10.9. The molecule has 1 atom stereocenters. The molecule has 3 rings (SSSR count). The van der Waals surface area contributed by atoms with Crippen LogP contribution in [0.1, 0.15) is 31.9 Å². The molecule has 0 saturated carbocycles. The van der Waals surface area contributed by atoms with E-state index in [-0.39, 0.29) is 23.4 Å². The van der Waals surface area contributed by atoms with E-state index in [4.69, 9.17) is 0 Å². The van der Waals surface area contributed by atoms with E-state index in [1.54, 1.807) is 43.3 Å². The van der Waals surface area contributed by atoms with Crippen molar-refractivity contribution in [3.63, 3.8) is 0 Å². The molecular formula is C28H33N3O4S. The molecule has 36 heavy (non-hydrogen) atoms. The van der Waals surface area contributed by atoms with Gasteiger partial charge in [-0.3, -0.25) is 13.9 Å². The van der Waals surface area contributed by atoms with Gasteiger partial charge in [0.2, 0.25) is 11.8 Å². The Labute approximate surface area is 213 Å². The largest absolute Gasteiger partial charge is 0.352 e. The van der Waals surface area contributed by atoms with Crippen molar-refractivity contribution < 1.29 is 18.0 Å². The maximum absolute atomic E-state index is 13.8. The van der Waals surface area contributed by atoms with Gasteiger partial charge in [0, 0.05) is 12.6 Å². The Morgan fingerprint density at radius 2 is 1.47 bits per heavy atom. The SMILES string of the molecule is Cc1cccc(N(CC(=O)N(Cc2ccccc2)[C@H](C)C(=O)NC(C)C)S(=O)(=O)c2ccccc2)c1. The second-order valence-electron chi connectivity index (χ2n) is 9.01. The van der Waals surface area contributed by atoms with Gasteiger partial charge in [0.05, 0.1) is 10.6 Å². The van der Waals surface area contributed by atoms with E-state index in [1.807, 2.05) is 57.2 Å². The van der Waals surface area contributed by atoms with Gasteiger partial charge in [-0.05, 0) is 63.1 Å². The maximum Gasteiger partial charge on any atom is 0.264 e. The highest BCUT2D eigenvalue weighted by atomic mass is 32.2. The van der Waals surface area contributed by atoms with Gasteiger partial charge in [-0.2, -0.15) is 0 Å². The van der Waals surface area contributed by atoms with Crippen LogP contribution >= 0.6 is 0 Å². The van der Waals surface area contributed by atoms with Gasteiger partial charge in [0.1, 0.15) is 12.6 Å². The molecule has 0 bridgehead atoms. The van der Waals surface area contributed by atoms with E-state index in [0.29, 0.717) is 5.69 Å². The van der Waals surface area contributed by atoms with Crippen molar-refractivity contribution in [1.29, 1.82) is 0 Å². The highest BCUT2D eigenvalue weighted by molar-refractivity contribution is 7.92. The van der Waals surface area contributed by atoms with E-state index >= 15 is 0 Å². The number of rotatable bonds is 10. The molecule has 0 aromatic heterocycles. The molecule has 0 aliphatic carbocycles. The predicted octanol–water partition coefficient (Wildman–Crippen LogP) is 4.13. The first-order valence-electron chi connectivity index (χ1n) is 11.9. The van der Waals surface area contributed by atoms with Crippen LogP contribution in [0.5, 0.6) is 0 Å². The lowest BCUT2D eigenvalue weighted by Crippen LogP contribution is -2.52. The second kappa shape index (κ2) is 11.9. The quantitative estimate of drug-likeness (QED) is 0.447. The monoisotopic (exact) mass is 507 g/mol. The molecule has 7 nitrogen and oxygen atoms in total. The van der Waals surface area contributed by atoms with Gasteiger partial charge in [-0.25, -0.2) is 8.42 Å². The smallest absolute Gasteiger partial charge is 0.264 e. The molecule has 0 aliphatic heterocycles. The first-order valence-corrected chi connectivity index (χ1v) is 13.3. The zero-order valence-corrected chi connectivity index (χ0v) is 21.9. The average molecular weight is 508 g/mol. The molecule has 0 saturated heterocycles. The molecule has 0 radical (unpaired) electrons. The molecule has 0 aliphatic rings. The zero-order chi connectivity index (χ0) is 26.3. The van der Waals surface area contributed by atoms with Crippen molar-refractivity contribution in [2.75, 3.05) is 10.8 Å². The number of benzene rings is 3. The Bertz CT molecular complexity index is 1280. The van der Waals surface area contributed by atoms with Gasteiger partial charge in [0.15, 0.2) is 0 Å². The van der Waals surface area contributed by atoms with Crippen molar-refractivity contribution in [2.24, 2.45) is 0 Å². The fourth-order valence-electron chi connectivity index (χ4n) is 3.80. The number of hydrogen-bond donors (Lipinski definition) is 1. The van der Waals surface area contributed by atoms with Crippen LogP contribution in [0.25, 0.3) is 0 Å². The first kappa shape index (κ1) is 26.9. The lowest BCUT2D eigenvalue weighted by molar-refractivity contribution is -0.139. The molecule has 0 spiro atoms. The highest BCUT2D eigenvalue weighted by Crippen LogP contribution is 2.25. The fourth-order valence-corrected chi connectivity index (χ4v) is 5.23. The molecule has 0 unspecified atom stereocenters. The molecule has 3 aromatic carbocycles. The zero-order valence-electron chi connectivity index (χ0n) is 21.1. The lowest BCUT2D eigenvalue weighted by atomic mass is 10.1. The number of amides is 2. The fraction of sp³-hybridized carbons (Fsp3) is 0.286. The van der Waals surface area contributed by atoms with Gasteiger partial charge < -0.3 is 10.2 Å². The van der Waals surface area contributed by atoms with E-state index < -0.39 is 28.5 Å². The van der Waals surface area contributed by atoms with E-state index in [0.717, 1.165) is 15.4 Å². The number of aryl methyl sites for hydroxylation is 1. The Morgan fingerprint density at radius 1 is 0.861 bits per heavy atom. The Hall–Kier alpha value is -3.65. The number of carbonyl (C=O) groups is 2. The first-order chi connectivity index (χ1) is 17.1. The summed E-state index contributed by atoms with van der Waals surface area (Å²) in [6.07, 6.45) is 0. The summed E-state index contributed by atoms with van der Waals surface area (Å²) in [6.45, 7) is 6.92. The van der Waals surface area contributed by atoms with Crippen LogP contribution in [0, 0.1) is 6.92 Å². The van der Waals surface area contributed by atoms with Crippen LogP contribution < -0.4 is 9.62 Å². The molecule has 1 N–H and O–H groups in total. The summed E-state index contributed by atoms with van der Waals surface area (Å²) in [5.41, 5.74) is 2.08. The van der Waals surface area contributed by atoms with Crippen LogP contribution in [0.4, 0.5) is 5.69 Å². The number of sulfonamides is 1. The summed E-state index contributed by atoms with van der Waals surface area (Å²) < 4.78 is 28.5. The van der Waals surface area contributed by atoms with Gasteiger partial charge >= 0.3 is 0 Å². The lowest BCUT2D eigenvalue weighted by Gasteiger charge is -2.32. The van der Waals surface area contributed by atoms with Crippen molar-refractivity contribution in [1.82, 2.24) is 10.2 Å². The topological polar surface area (TPSA) is 86.8 Å². The number of hydrogen-bond acceptors (Lipinski definition) is 4. The van der Waals surface area contributed by atoms with Gasteiger partial charge in [0.25, 0.3) is 10.0 Å². The third-order valence-electron chi connectivity index (χ3n) is 5.69. The van der Waals surface area contributed by atoms with Crippen LogP contribution in [0.15, 0.2) is 89.8 Å². The van der Waals surface area contributed by atoms with Crippen LogP contribution in [-0.2, 0) is 26.2 Å². The number of carbonyl (C=O) groups excluding carboxylic acids is 2. The summed E-state index contributed by atoms with van der Waals surface area (Å²) in [6, 6.07) is 23.4. The third-order valence-corrected chi connectivity index (χ3v) is 7.48. The average Bonchev–Trinajstić information content (AvgIpc) is 2.86. The minimum Gasteiger partial charge on any atom is -0.352 e. The molecule has 190 valence electrons. The predicted molar refractivity (Wildman–Crippen MR) is 142 cm³/mol. The molecule has 2 amide bonds. The van der Waals surface area contributed by atoms with E-state index in [2.05, 4.69) is 5.32 Å². The summed E-state index contributed by atoms with van der Waals surface area (Å²) >= 11 is 0. The van der Waals surface area contributed by atoms with Crippen LogP contribution in [-0.4, -0.2) is 43.8 Å². The van der Waals surface area contributed by atoms with Crippen molar-refractivity contribution in [3.8, 4) is 0 Å². The molecule has 0 fully saturated rings. The summed E-state index contributed by atoms with van der Waals surface area (Å²) in [7, 11) is -4.05. The van der Waals surface area contributed by atoms with Crippen molar-refractivity contribution in [2.45, 2.75) is 51.2 Å². The maximum atomic E-state index is 13.8. The molecule has 8 heteroatoms. The summed E-state index contributed by atoms with van der Waals surface area (Å²) in [5, 5.41) is 2.85. The number of nitrogens with one attached hydrogen (secondary N) is 1. The van der Waals surface area contributed by atoms with Crippen molar-refractivity contribution in [3.05, 3.63) is 96.1 Å². The number of nitrogens with zero attached hydrogens (tertiary/aromatic N) is 2. The van der Waals surface area contributed by atoms with Gasteiger partial charge in [-0.1, -0.05) is 60.7 Å². The minimum atomic E-state index is -4.05. The summed E-state index contributed by atoms with van der Waals surface area (Å²) in [5.74, 6) is -0.784. The Morgan fingerprint density at radius 3 is 2.06 bits per heavy atom. The van der Waals surface area contributed by atoms with E-state index in [1.165, 1.54) is 17.0 Å². The molecule has 3 aromatic rings. The Balaban J connectivity index is 2.01. The standard InChI is InChI=1S/C28H33N3O4S/c1-21(2)29-28(33)23(4)30(19-24-13-7-5-8-14-24)27(32)20-31(25-15-11-12-22(3)18-25)36(34,35)26-16-9-6-10-17-26/h5-18,21,23H,19-20H2,1-4H3,(H,29,33)/t23-/m1/s1. The van der Waals surface area contributed by atoms with Gasteiger partial charge in [-0.15, -0.1) is 0 Å². The van der Waals surface area contributed by atoms with E-state index in [9.17, 15) is 18.0 Å². The van der Waals surface area contributed by atoms with Crippen LogP contribution in [0.2, 0.25) is 0 Å². The number of anilines is 1. The minimum absolute atomic E-state index is 0.0829. The third kappa shape index (κ3) is 6.73. The van der Waals surface area contributed by atoms with Crippen LogP contribution in [0.3, 0.4) is 0 Å². The summed E-state index contributed by atoms with van der Waals surface area (Å²) in [4.78, 5) is 28.1. The molecule has 0 heterocycles.